The van der Waals surface area contributed by atoms with Gasteiger partial charge in [0.15, 0.2) is 0 Å². The van der Waals surface area contributed by atoms with Gasteiger partial charge in [0, 0.05) is 23.7 Å². The summed E-state index contributed by atoms with van der Waals surface area (Å²) in [5.41, 5.74) is 0.833. The van der Waals surface area contributed by atoms with E-state index in [0.717, 1.165) is 5.56 Å². The first-order valence-electron chi connectivity index (χ1n) is 5.78. The van der Waals surface area contributed by atoms with Crippen LogP contribution in [0.5, 0.6) is 5.75 Å². The fraction of sp³-hybridized carbons (Fsp3) is 0.462. The third-order valence-electron chi connectivity index (χ3n) is 2.74. The normalized spacial score (nSPS) is 12.5. The smallest absolute Gasteiger partial charge is 0.307 e. The molecule has 1 aromatic carbocycles. The van der Waals surface area contributed by atoms with E-state index in [1.165, 1.54) is 0 Å². The van der Waals surface area contributed by atoms with E-state index in [4.69, 9.17) is 33.0 Å². The van der Waals surface area contributed by atoms with Crippen molar-refractivity contribution in [2.45, 2.75) is 13.5 Å². The van der Waals surface area contributed by atoms with Crippen LogP contribution in [0.25, 0.3) is 0 Å². The number of rotatable bonds is 6. The molecule has 0 bridgehead atoms. The lowest BCUT2D eigenvalue weighted by Gasteiger charge is -2.21. The molecule has 0 aromatic heterocycles. The summed E-state index contributed by atoms with van der Waals surface area (Å²) in [6, 6.07) is 3.39. The van der Waals surface area contributed by atoms with Gasteiger partial charge in [-0.15, -0.1) is 0 Å². The maximum Gasteiger partial charge on any atom is 0.307 e. The number of hydrogen-bond acceptors (Lipinski definition) is 3. The van der Waals surface area contributed by atoms with Crippen molar-refractivity contribution in [1.82, 2.24) is 4.90 Å². The lowest BCUT2D eigenvalue weighted by Crippen LogP contribution is -2.28. The van der Waals surface area contributed by atoms with Gasteiger partial charge in [0.05, 0.1) is 18.1 Å². The van der Waals surface area contributed by atoms with E-state index >= 15 is 0 Å². The minimum atomic E-state index is -0.817. The molecule has 0 radical (unpaired) electrons. The Labute approximate surface area is 122 Å². The predicted molar refractivity (Wildman–Crippen MR) is 76.1 cm³/mol. The second-order valence-corrected chi connectivity index (χ2v) is 5.36. The summed E-state index contributed by atoms with van der Waals surface area (Å²) in [5, 5.41) is 9.87. The molecule has 1 rings (SSSR count). The second-order valence-electron chi connectivity index (χ2n) is 4.52. The van der Waals surface area contributed by atoms with Crippen molar-refractivity contribution in [3.8, 4) is 5.75 Å². The van der Waals surface area contributed by atoms with Crippen LogP contribution in [0.15, 0.2) is 12.1 Å². The summed E-state index contributed by atoms with van der Waals surface area (Å²) >= 11 is 12.0. The number of carboxylic acids is 1. The molecule has 0 aliphatic rings. The van der Waals surface area contributed by atoms with Crippen molar-refractivity contribution in [1.29, 1.82) is 0 Å². The van der Waals surface area contributed by atoms with E-state index in [1.807, 2.05) is 11.9 Å². The molecule has 0 saturated carbocycles. The molecular formula is C13H17Cl2NO3. The summed E-state index contributed by atoms with van der Waals surface area (Å²) in [5.74, 6) is -0.686. The average Bonchev–Trinajstić information content (AvgIpc) is 2.27. The molecule has 1 atom stereocenters. The maximum atomic E-state index is 10.8. The number of hydrogen-bond donors (Lipinski definition) is 1. The maximum absolute atomic E-state index is 10.8. The lowest BCUT2D eigenvalue weighted by molar-refractivity contribution is -0.141. The summed E-state index contributed by atoms with van der Waals surface area (Å²) in [6.07, 6.45) is 0. The van der Waals surface area contributed by atoms with Crippen molar-refractivity contribution in [3.63, 3.8) is 0 Å². The van der Waals surface area contributed by atoms with E-state index in [9.17, 15) is 4.79 Å². The molecule has 0 heterocycles. The van der Waals surface area contributed by atoms with Crippen molar-refractivity contribution in [2.24, 2.45) is 5.92 Å². The molecule has 0 amide bonds. The van der Waals surface area contributed by atoms with Crippen molar-refractivity contribution >= 4 is 29.2 Å². The first-order chi connectivity index (χ1) is 8.85. The van der Waals surface area contributed by atoms with Gasteiger partial charge < -0.3 is 14.7 Å². The first-order valence-corrected chi connectivity index (χ1v) is 6.54. The van der Waals surface area contributed by atoms with Crippen molar-refractivity contribution < 1.29 is 14.6 Å². The van der Waals surface area contributed by atoms with Crippen LogP contribution in [0.2, 0.25) is 10.0 Å². The summed E-state index contributed by atoms with van der Waals surface area (Å²) in [7, 11) is 3.38. The van der Waals surface area contributed by atoms with Crippen LogP contribution in [-0.4, -0.2) is 36.7 Å². The molecule has 1 aromatic rings. The molecule has 0 fully saturated rings. The monoisotopic (exact) mass is 305 g/mol. The number of carbonyl (C=O) groups is 1. The third-order valence-corrected chi connectivity index (χ3v) is 3.24. The van der Waals surface area contributed by atoms with Crippen LogP contribution in [0.3, 0.4) is 0 Å². The van der Waals surface area contributed by atoms with Gasteiger partial charge in [-0.1, -0.05) is 30.1 Å². The van der Waals surface area contributed by atoms with Gasteiger partial charge in [-0.05, 0) is 19.2 Å². The molecule has 0 spiro atoms. The van der Waals surface area contributed by atoms with Crippen LogP contribution in [0.1, 0.15) is 12.5 Å². The Morgan fingerprint density at radius 1 is 1.47 bits per heavy atom. The van der Waals surface area contributed by atoms with E-state index < -0.39 is 11.9 Å². The summed E-state index contributed by atoms with van der Waals surface area (Å²) in [4.78, 5) is 12.7. The van der Waals surface area contributed by atoms with Gasteiger partial charge in [-0.25, -0.2) is 0 Å². The van der Waals surface area contributed by atoms with Crippen LogP contribution in [0, 0.1) is 5.92 Å². The summed E-state index contributed by atoms with van der Waals surface area (Å²) in [6.45, 7) is 2.62. The van der Waals surface area contributed by atoms with Gasteiger partial charge in [0.25, 0.3) is 0 Å². The minimum Gasteiger partial charge on any atom is -0.495 e. The van der Waals surface area contributed by atoms with E-state index in [2.05, 4.69) is 0 Å². The quantitative estimate of drug-likeness (QED) is 0.877. The zero-order valence-corrected chi connectivity index (χ0v) is 12.6. The topological polar surface area (TPSA) is 49.8 Å². The summed E-state index contributed by atoms with van der Waals surface area (Å²) < 4.78 is 5.25. The molecule has 0 aliphatic heterocycles. The van der Waals surface area contributed by atoms with Gasteiger partial charge in [-0.2, -0.15) is 0 Å². The fourth-order valence-electron chi connectivity index (χ4n) is 1.86. The number of methoxy groups -OCH3 is 1. The van der Waals surface area contributed by atoms with Crippen LogP contribution in [0.4, 0.5) is 0 Å². The lowest BCUT2D eigenvalue weighted by atomic mass is 10.1. The van der Waals surface area contributed by atoms with Gasteiger partial charge in [-0.3, -0.25) is 4.79 Å². The SMILES string of the molecule is COc1c(Cl)cc(Cl)cc1CN(C)CC(C)C(=O)O. The van der Waals surface area contributed by atoms with E-state index in [-0.39, 0.29) is 0 Å². The highest BCUT2D eigenvalue weighted by Gasteiger charge is 2.16. The Bertz CT molecular complexity index is 465. The van der Waals surface area contributed by atoms with Crippen LogP contribution in [-0.2, 0) is 11.3 Å². The Morgan fingerprint density at radius 2 is 2.11 bits per heavy atom. The molecule has 1 N–H and O–H groups in total. The van der Waals surface area contributed by atoms with Gasteiger partial charge >= 0.3 is 5.97 Å². The Balaban J connectivity index is 2.84. The van der Waals surface area contributed by atoms with Crippen molar-refractivity contribution in [2.75, 3.05) is 20.7 Å². The first kappa shape index (κ1) is 16.1. The largest absolute Gasteiger partial charge is 0.495 e. The second kappa shape index (κ2) is 6.98. The predicted octanol–water partition coefficient (Wildman–Crippen LogP) is 3.15. The zero-order chi connectivity index (χ0) is 14.6. The standard InChI is InChI=1S/C13H17Cl2NO3/c1-8(13(17)18)6-16(2)7-9-4-10(14)5-11(15)12(9)19-3/h4-5,8H,6-7H2,1-3H3,(H,17,18). The number of carboxylic acid groups (broad SMARTS) is 1. The van der Waals surface area contributed by atoms with E-state index in [1.54, 1.807) is 26.2 Å². The molecule has 0 aliphatic carbocycles. The number of aliphatic carboxylic acids is 1. The number of ether oxygens (including phenoxy) is 1. The van der Waals surface area contributed by atoms with Gasteiger partial charge in [0.1, 0.15) is 5.75 Å². The van der Waals surface area contributed by atoms with Gasteiger partial charge in [0.2, 0.25) is 0 Å². The highest BCUT2D eigenvalue weighted by molar-refractivity contribution is 6.35. The Hall–Kier alpha value is -0.970. The molecule has 6 heteroatoms. The molecule has 4 nitrogen and oxygen atoms in total. The Kier molecular flexibility index (Phi) is 5.91. The molecule has 1 unspecified atom stereocenters. The van der Waals surface area contributed by atoms with Crippen molar-refractivity contribution in [3.05, 3.63) is 27.7 Å². The number of halogens is 2. The molecule has 19 heavy (non-hydrogen) atoms. The molecular weight excluding hydrogens is 289 g/mol. The highest BCUT2D eigenvalue weighted by Crippen LogP contribution is 2.32. The molecule has 0 saturated heterocycles. The van der Waals surface area contributed by atoms with Crippen LogP contribution < -0.4 is 4.74 Å². The third kappa shape index (κ3) is 4.56. The fourth-order valence-corrected chi connectivity index (χ4v) is 2.47. The van der Waals surface area contributed by atoms with Crippen LogP contribution >= 0.6 is 23.2 Å². The number of benzene rings is 1. The highest BCUT2D eigenvalue weighted by atomic mass is 35.5. The van der Waals surface area contributed by atoms with E-state index in [0.29, 0.717) is 28.9 Å². The zero-order valence-electron chi connectivity index (χ0n) is 11.1. The Morgan fingerprint density at radius 3 is 2.63 bits per heavy atom. The minimum absolute atomic E-state index is 0.433. The number of nitrogens with zero attached hydrogens (tertiary/aromatic N) is 1. The average molecular weight is 306 g/mol. The molecule has 106 valence electrons.